The average molecular weight is 274 g/mol. The maximum atomic E-state index is 9.07. The first-order valence-electron chi connectivity index (χ1n) is 7.20. The van der Waals surface area contributed by atoms with Gasteiger partial charge in [0, 0.05) is 6.42 Å². The molecule has 1 aromatic carbocycles. The molecule has 0 heterocycles. The van der Waals surface area contributed by atoms with Crippen molar-refractivity contribution in [3.8, 4) is 11.8 Å². The van der Waals surface area contributed by atoms with Gasteiger partial charge in [0.1, 0.15) is 11.3 Å². The summed E-state index contributed by atoms with van der Waals surface area (Å²) in [6.45, 7) is 9.10. The van der Waals surface area contributed by atoms with Gasteiger partial charge in [-0.1, -0.05) is 32.9 Å². The van der Waals surface area contributed by atoms with Crippen molar-refractivity contribution in [2.45, 2.75) is 51.5 Å². The van der Waals surface area contributed by atoms with E-state index in [0.717, 1.165) is 12.2 Å². The van der Waals surface area contributed by atoms with E-state index in [1.54, 1.807) is 7.05 Å². The minimum absolute atomic E-state index is 0.198. The molecule has 0 radical (unpaired) electrons. The minimum atomic E-state index is -0.524. The Morgan fingerprint density at radius 3 is 2.25 bits per heavy atom. The second-order valence-corrected chi connectivity index (χ2v) is 6.05. The van der Waals surface area contributed by atoms with E-state index >= 15 is 0 Å². The standard InChI is InChI=1S/C17H26N2O/c1-6-16(2,3)14-7-9-15(10-8-14)20-12-11-17(4,13-18)19-5/h7-10,19H,6,11-12H2,1-5H3. The molecule has 110 valence electrons. The van der Waals surface area contributed by atoms with Crippen molar-refractivity contribution >= 4 is 0 Å². The van der Waals surface area contributed by atoms with Crippen LogP contribution in [-0.2, 0) is 5.41 Å². The minimum Gasteiger partial charge on any atom is -0.493 e. The van der Waals surface area contributed by atoms with Crippen molar-refractivity contribution in [1.82, 2.24) is 5.32 Å². The SMILES string of the molecule is CCC(C)(C)c1ccc(OCCC(C)(C#N)NC)cc1. The number of nitrogens with zero attached hydrogens (tertiary/aromatic N) is 1. The molecule has 1 unspecified atom stereocenters. The van der Waals surface area contributed by atoms with Crippen molar-refractivity contribution in [3.05, 3.63) is 29.8 Å². The summed E-state index contributed by atoms with van der Waals surface area (Å²) in [6, 6.07) is 10.5. The molecule has 1 atom stereocenters. The van der Waals surface area contributed by atoms with Gasteiger partial charge < -0.3 is 10.1 Å². The van der Waals surface area contributed by atoms with Crippen LogP contribution in [0.25, 0.3) is 0 Å². The first kappa shape index (κ1) is 16.5. The summed E-state index contributed by atoms with van der Waals surface area (Å²) < 4.78 is 5.72. The van der Waals surface area contributed by atoms with Crippen LogP contribution in [0.3, 0.4) is 0 Å². The van der Waals surface area contributed by atoms with E-state index in [1.807, 2.05) is 19.1 Å². The van der Waals surface area contributed by atoms with Crippen LogP contribution in [-0.4, -0.2) is 19.2 Å². The van der Waals surface area contributed by atoms with Gasteiger partial charge in [0.25, 0.3) is 0 Å². The molecule has 0 bridgehead atoms. The molecule has 1 aromatic rings. The second kappa shape index (κ2) is 6.76. The zero-order valence-electron chi connectivity index (χ0n) is 13.3. The summed E-state index contributed by atoms with van der Waals surface area (Å²) in [6.07, 6.45) is 1.76. The molecule has 0 aliphatic carbocycles. The average Bonchev–Trinajstić information content (AvgIpc) is 2.47. The molecule has 0 fully saturated rings. The topological polar surface area (TPSA) is 45.0 Å². The van der Waals surface area contributed by atoms with Crippen LogP contribution in [0.1, 0.15) is 46.1 Å². The number of nitriles is 1. The van der Waals surface area contributed by atoms with Crippen LogP contribution in [0.5, 0.6) is 5.75 Å². The predicted octanol–water partition coefficient (Wildman–Crippen LogP) is 3.64. The van der Waals surface area contributed by atoms with Crippen LogP contribution in [0.2, 0.25) is 0 Å². The van der Waals surface area contributed by atoms with Crippen LogP contribution in [0.4, 0.5) is 0 Å². The maximum Gasteiger partial charge on any atom is 0.119 e. The Labute approximate surface area is 123 Å². The molecule has 1 N–H and O–H groups in total. The molecule has 0 aliphatic rings. The number of hydrogen-bond donors (Lipinski definition) is 1. The molecule has 3 heteroatoms. The first-order valence-corrected chi connectivity index (χ1v) is 7.20. The van der Waals surface area contributed by atoms with Gasteiger partial charge in [-0.15, -0.1) is 0 Å². The Balaban J connectivity index is 2.57. The lowest BCUT2D eigenvalue weighted by atomic mass is 9.82. The van der Waals surface area contributed by atoms with Gasteiger partial charge in [-0.2, -0.15) is 5.26 Å². The number of benzene rings is 1. The molecule has 20 heavy (non-hydrogen) atoms. The molecule has 0 aliphatic heterocycles. The molecule has 0 saturated carbocycles. The molecular weight excluding hydrogens is 248 g/mol. The van der Waals surface area contributed by atoms with Crippen LogP contribution < -0.4 is 10.1 Å². The summed E-state index contributed by atoms with van der Waals surface area (Å²) in [5.74, 6) is 0.858. The highest BCUT2D eigenvalue weighted by atomic mass is 16.5. The monoisotopic (exact) mass is 274 g/mol. The summed E-state index contributed by atoms with van der Waals surface area (Å²) >= 11 is 0. The van der Waals surface area contributed by atoms with Crippen molar-refractivity contribution in [2.24, 2.45) is 0 Å². The van der Waals surface area contributed by atoms with E-state index in [0.29, 0.717) is 13.0 Å². The smallest absolute Gasteiger partial charge is 0.119 e. The number of hydrogen-bond acceptors (Lipinski definition) is 3. The fourth-order valence-electron chi connectivity index (χ4n) is 1.82. The van der Waals surface area contributed by atoms with Gasteiger partial charge in [-0.05, 0) is 43.5 Å². The lowest BCUT2D eigenvalue weighted by Gasteiger charge is -2.23. The number of ether oxygens (including phenoxy) is 1. The predicted molar refractivity (Wildman–Crippen MR) is 82.9 cm³/mol. The lowest BCUT2D eigenvalue weighted by Crippen LogP contribution is -2.39. The van der Waals surface area contributed by atoms with Gasteiger partial charge in [0.05, 0.1) is 12.7 Å². The van der Waals surface area contributed by atoms with E-state index in [-0.39, 0.29) is 5.41 Å². The molecule has 0 amide bonds. The summed E-state index contributed by atoms with van der Waals surface area (Å²) in [5, 5.41) is 12.1. The molecule has 0 saturated heterocycles. The summed E-state index contributed by atoms with van der Waals surface area (Å²) in [4.78, 5) is 0. The van der Waals surface area contributed by atoms with E-state index in [1.165, 1.54) is 5.56 Å². The Bertz CT molecular complexity index is 459. The fourth-order valence-corrected chi connectivity index (χ4v) is 1.82. The summed E-state index contributed by atoms with van der Waals surface area (Å²) in [7, 11) is 1.80. The highest BCUT2D eigenvalue weighted by Gasteiger charge is 2.21. The Morgan fingerprint density at radius 2 is 1.80 bits per heavy atom. The van der Waals surface area contributed by atoms with E-state index in [4.69, 9.17) is 10.00 Å². The van der Waals surface area contributed by atoms with Crippen LogP contribution in [0.15, 0.2) is 24.3 Å². The van der Waals surface area contributed by atoms with Crippen molar-refractivity contribution < 1.29 is 4.74 Å². The van der Waals surface area contributed by atoms with E-state index < -0.39 is 5.54 Å². The third-order valence-electron chi connectivity index (χ3n) is 4.19. The Hall–Kier alpha value is -1.53. The third-order valence-corrected chi connectivity index (χ3v) is 4.19. The van der Waals surface area contributed by atoms with E-state index in [9.17, 15) is 0 Å². The lowest BCUT2D eigenvalue weighted by molar-refractivity contribution is 0.272. The van der Waals surface area contributed by atoms with Gasteiger partial charge in [-0.3, -0.25) is 0 Å². The van der Waals surface area contributed by atoms with Crippen molar-refractivity contribution in [3.63, 3.8) is 0 Å². The summed E-state index contributed by atoms with van der Waals surface area (Å²) in [5.41, 5.74) is 0.998. The fraction of sp³-hybridized carbons (Fsp3) is 0.588. The Kier molecular flexibility index (Phi) is 5.59. The molecular formula is C17H26N2O. The van der Waals surface area contributed by atoms with Gasteiger partial charge >= 0.3 is 0 Å². The number of nitrogens with one attached hydrogen (secondary N) is 1. The molecule has 0 spiro atoms. The van der Waals surface area contributed by atoms with Gasteiger partial charge in [-0.25, -0.2) is 0 Å². The quantitative estimate of drug-likeness (QED) is 0.825. The van der Waals surface area contributed by atoms with Crippen LogP contribution in [0, 0.1) is 11.3 Å². The third kappa shape index (κ3) is 4.25. The van der Waals surface area contributed by atoms with Gasteiger partial charge in [0.2, 0.25) is 0 Å². The highest BCUT2D eigenvalue weighted by molar-refractivity contribution is 5.31. The molecule has 1 rings (SSSR count). The van der Waals surface area contributed by atoms with Crippen molar-refractivity contribution in [1.29, 1.82) is 5.26 Å². The highest BCUT2D eigenvalue weighted by Crippen LogP contribution is 2.28. The first-order chi connectivity index (χ1) is 9.37. The Morgan fingerprint density at radius 1 is 1.20 bits per heavy atom. The van der Waals surface area contributed by atoms with Crippen molar-refractivity contribution in [2.75, 3.05) is 13.7 Å². The zero-order valence-corrected chi connectivity index (χ0v) is 13.3. The largest absolute Gasteiger partial charge is 0.493 e. The van der Waals surface area contributed by atoms with Crippen LogP contribution >= 0.6 is 0 Å². The second-order valence-electron chi connectivity index (χ2n) is 6.05. The molecule has 0 aromatic heterocycles. The maximum absolute atomic E-state index is 9.07. The normalized spacial score (nSPS) is 14.4. The zero-order chi connectivity index (χ0) is 15.2. The number of rotatable bonds is 7. The molecule has 3 nitrogen and oxygen atoms in total. The van der Waals surface area contributed by atoms with Gasteiger partial charge in [0.15, 0.2) is 0 Å². The van der Waals surface area contributed by atoms with E-state index in [2.05, 4.69) is 44.3 Å².